The van der Waals surface area contributed by atoms with E-state index in [1.165, 1.54) is 6.92 Å². The normalized spacial score (nSPS) is 10.5. The van der Waals surface area contributed by atoms with Gasteiger partial charge in [-0.3, -0.25) is 14.4 Å². The van der Waals surface area contributed by atoms with Gasteiger partial charge in [0.05, 0.1) is 0 Å². The predicted octanol–water partition coefficient (Wildman–Crippen LogP) is 3.51. The Balaban J connectivity index is 1.97. The molecule has 154 valence electrons. The van der Waals surface area contributed by atoms with E-state index < -0.39 is 0 Å². The van der Waals surface area contributed by atoms with Crippen molar-refractivity contribution in [1.29, 1.82) is 0 Å². The molecule has 0 saturated heterocycles. The zero-order valence-electron chi connectivity index (χ0n) is 17.5. The van der Waals surface area contributed by atoms with E-state index in [-0.39, 0.29) is 30.2 Å². The van der Waals surface area contributed by atoms with Crippen molar-refractivity contribution in [3.63, 3.8) is 0 Å². The van der Waals surface area contributed by atoms with Crippen molar-refractivity contribution in [3.8, 4) is 0 Å². The second kappa shape index (κ2) is 10.4. The van der Waals surface area contributed by atoms with Crippen molar-refractivity contribution < 1.29 is 14.4 Å². The van der Waals surface area contributed by atoms with Gasteiger partial charge in [-0.2, -0.15) is 0 Å². The van der Waals surface area contributed by atoms with Crippen LogP contribution in [0, 0.1) is 6.92 Å². The van der Waals surface area contributed by atoms with Gasteiger partial charge in [0.15, 0.2) is 0 Å². The smallest absolute Gasteiger partial charge is 0.251 e. The fraction of sp³-hybridized carbons (Fsp3) is 0.348. The molecule has 0 bridgehead atoms. The van der Waals surface area contributed by atoms with E-state index in [1.54, 1.807) is 17.0 Å². The average molecular weight is 396 g/mol. The summed E-state index contributed by atoms with van der Waals surface area (Å²) in [6.07, 6.45) is 0.174. The van der Waals surface area contributed by atoms with Gasteiger partial charge in [0.2, 0.25) is 11.8 Å². The molecule has 0 aromatic heterocycles. The van der Waals surface area contributed by atoms with Gasteiger partial charge in [0.25, 0.3) is 5.91 Å². The quantitative estimate of drug-likeness (QED) is 0.718. The molecule has 0 radical (unpaired) electrons. The van der Waals surface area contributed by atoms with Gasteiger partial charge in [0, 0.05) is 43.7 Å². The molecular weight excluding hydrogens is 366 g/mol. The number of benzene rings is 2. The van der Waals surface area contributed by atoms with E-state index >= 15 is 0 Å². The summed E-state index contributed by atoms with van der Waals surface area (Å²) >= 11 is 0. The number of nitrogens with one attached hydrogen (secondary N) is 2. The van der Waals surface area contributed by atoms with Gasteiger partial charge >= 0.3 is 0 Å². The molecule has 2 N–H and O–H groups in total. The summed E-state index contributed by atoms with van der Waals surface area (Å²) in [6.45, 7) is 7.94. The highest BCUT2D eigenvalue weighted by Crippen LogP contribution is 2.16. The van der Waals surface area contributed by atoms with Crippen molar-refractivity contribution in [2.45, 2.75) is 46.7 Å². The van der Waals surface area contributed by atoms with E-state index in [2.05, 4.69) is 10.6 Å². The SMILES string of the molecule is CC(=O)N(CCC(=O)Nc1ccc(C)c(C(=O)NC(C)C)c1)Cc1ccccc1. The van der Waals surface area contributed by atoms with Crippen LogP contribution >= 0.6 is 0 Å². The van der Waals surface area contributed by atoms with Crippen LogP contribution < -0.4 is 10.6 Å². The van der Waals surface area contributed by atoms with Crippen molar-refractivity contribution in [2.24, 2.45) is 0 Å². The standard InChI is InChI=1S/C23H29N3O3/c1-16(2)24-23(29)21-14-20(11-10-17(21)3)25-22(28)12-13-26(18(4)27)15-19-8-6-5-7-9-19/h5-11,14,16H,12-13,15H2,1-4H3,(H,24,29)(H,25,28). The Morgan fingerprint density at radius 2 is 1.72 bits per heavy atom. The van der Waals surface area contributed by atoms with E-state index in [9.17, 15) is 14.4 Å². The lowest BCUT2D eigenvalue weighted by molar-refractivity contribution is -0.129. The summed E-state index contributed by atoms with van der Waals surface area (Å²) in [5, 5.41) is 5.68. The zero-order valence-corrected chi connectivity index (χ0v) is 17.5. The Labute approximate surface area is 172 Å². The number of aryl methyl sites for hydroxylation is 1. The zero-order chi connectivity index (χ0) is 21.4. The van der Waals surface area contributed by atoms with Crippen LogP contribution in [0.25, 0.3) is 0 Å². The minimum atomic E-state index is -0.205. The molecule has 6 heteroatoms. The minimum absolute atomic E-state index is 0.0299. The number of nitrogens with zero attached hydrogens (tertiary/aromatic N) is 1. The third-order valence-electron chi connectivity index (χ3n) is 4.46. The van der Waals surface area contributed by atoms with Crippen LogP contribution in [0.15, 0.2) is 48.5 Å². The third-order valence-corrected chi connectivity index (χ3v) is 4.46. The number of carbonyl (C=O) groups excluding carboxylic acids is 3. The number of anilines is 1. The Kier molecular flexibility index (Phi) is 7.95. The third kappa shape index (κ3) is 7.07. The number of rotatable bonds is 8. The Bertz CT molecular complexity index is 863. The molecule has 0 atom stereocenters. The number of hydrogen-bond donors (Lipinski definition) is 2. The molecule has 0 heterocycles. The van der Waals surface area contributed by atoms with Gasteiger partial charge in [-0.15, -0.1) is 0 Å². The minimum Gasteiger partial charge on any atom is -0.350 e. The molecule has 0 aliphatic heterocycles. The first kappa shape index (κ1) is 22.1. The first-order valence-corrected chi connectivity index (χ1v) is 9.77. The summed E-state index contributed by atoms with van der Waals surface area (Å²) in [5.41, 5.74) is 2.95. The molecule has 0 unspecified atom stereocenters. The summed E-state index contributed by atoms with van der Waals surface area (Å²) < 4.78 is 0. The topological polar surface area (TPSA) is 78.5 Å². The molecule has 0 fully saturated rings. The van der Waals surface area contributed by atoms with E-state index in [1.807, 2.05) is 57.2 Å². The highest BCUT2D eigenvalue weighted by atomic mass is 16.2. The molecule has 2 aromatic rings. The summed E-state index contributed by atoms with van der Waals surface area (Å²) in [4.78, 5) is 38.3. The second-order valence-corrected chi connectivity index (χ2v) is 7.38. The van der Waals surface area contributed by atoms with Crippen LogP contribution in [0.1, 0.15) is 48.7 Å². The molecular formula is C23H29N3O3. The molecule has 2 rings (SSSR count). The van der Waals surface area contributed by atoms with Crippen LogP contribution in [0.4, 0.5) is 5.69 Å². The molecule has 6 nitrogen and oxygen atoms in total. The molecule has 0 aliphatic carbocycles. The van der Waals surface area contributed by atoms with Crippen molar-refractivity contribution in [1.82, 2.24) is 10.2 Å². The van der Waals surface area contributed by atoms with Gasteiger partial charge in [-0.1, -0.05) is 36.4 Å². The van der Waals surface area contributed by atoms with Crippen LogP contribution in [0.2, 0.25) is 0 Å². The van der Waals surface area contributed by atoms with Crippen molar-refractivity contribution in [3.05, 3.63) is 65.2 Å². The summed E-state index contributed by atoms with van der Waals surface area (Å²) in [5.74, 6) is -0.452. The summed E-state index contributed by atoms with van der Waals surface area (Å²) in [6, 6.07) is 15.0. The monoisotopic (exact) mass is 395 g/mol. The average Bonchev–Trinajstić information content (AvgIpc) is 2.66. The molecule has 0 spiro atoms. The van der Waals surface area contributed by atoms with Gasteiger partial charge < -0.3 is 15.5 Å². The van der Waals surface area contributed by atoms with Gasteiger partial charge in [-0.05, 0) is 44.0 Å². The molecule has 29 heavy (non-hydrogen) atoms. The lowest BCUT2D eigenvalue weighted by Gasteiger charge is -2.21. The number of carbonyl (C=O) groups is 3. The molecule has 3 amide bonds. The Morgan fingerprint density at radius 1 is 1.03 bits per heavy atom. The maximum Gasteiger partial charge on any atom is 0.251 e. The first-order valence-electron chi connectivity index (χ1n) is 9.77. The lowest BCUT2D eigenvalue weighted by atomic mass is 10.1. The highest BCUT2D eigenvalue weighted by Gasteiger charge is 2.14. The number of amides is 3. The lowest BCUT2D eigenvalue weighted by Crippen LogP contribution is -2.32. The van der Waals surface area contributed by atoms with E-state index in [0.717, 1.165) is 11.1 Å². The van der Waals surface area contributed by atoms with Crippen LogP contribution in [-0.2, 0) is 16.1 Å². The van der Waals surface area contributed by atoms with Crippen molar-refractivity contribution >= 4 is 23.4 Å². The van der Waals surface area contributed by atoms with E-state index in [4.69, 9.17) is 0 Å². The Hall–Kier alpha value is -3.15. The maximum absolute atomic E-state index is 12.4. The predicted molar refractivity (Wildman–Crippen MR) is 115 cm³/mol. The van der Waals surface area contributed by atoms with Gasteiger partial charge in [-0.25, -0.2) is 0 Å². The maximum atomic E-state index is 12.4. The highest BCUT2D eigenvalue weighted by molar-refractivity contribution is 5.98. The molecule has 0 saturated carbocycles. The van der Waals surface area contributed by atoms with Gasteiger partial charge in [0.1, 0.15) is 0 Å². The number of hydrogen-bond acceptors (Lipinski definition) is 3. The van der Waals surface area contributed by atoms with Crippen LogP contribution in [0.5, 0.6) is 0 Å². The fourth-order valence-corrected chi connectivity index (χ4v) is 2.90. The second-order valence-electron chi connectivity index (χ2n) is 7.38. The first-order chi connectivity index (χ1) is 13.8. The molecule has 2 aromatic carbocycles. The summed E-state index contributed by atoms with van der Waals surface area (Å²) in [7, 11) is 0. The fourth-order valence-electron chi connectivity index (χ4n) is 2.90. The molecule has 0 aliphatic rings. The van der Waals surface area contributed by atoms with Crippen LogP contribution in [-0.4, -0.2) is 35.2 Å². The Morgan fingerprint density at radius 3 is 2.34 bits per heavy atom. The van der Waals surface area contributed by atoms with Crippen molar-refractivity contribution in [2.75, 3.05) is 11.9 Å². The largest absolute Gasteiger partial charge is 0.350 e. The van der Waals surface area contributed by atoms with Crippen LogP contribution in [0.3, 0.4) is 0 Å². The van der Waals surface area contributed by atoms with E-state index in [0.29, 0.717) is 24.3 Å².